The lowest BCUT2D eigenvalue weighted by molar-refractivity contribution is 0.544. The predicted octanol–water partition coefficient (Wildman–Crippen LogP) is 3.10. The van der Waals surface area contributed by atoms with Gasteiger partial charge in [0.25, 0.3) is 0 Å². The molecule has 0 saturated carbocycles. The number of rotatable bonds is 6. The minimum absolute atomic E-state index is 0.796. The molecule has 0 saturated heterocycles. The zero-order valence-corrected chi connectivity index (χ0v) is 8.61. The van der Waals surface area contributed by atoms with Gasteiger partial charge in [0.15, 0.2) is 0 Å². The maximum Gasteiger partial charge on any atom is 0.0290 e. The van der Waals surface area contributed by atoms with E-state index in [9.17, 15) is 0 Å². The Labute approximate surface area is 76.6 Å². The van der Waals surface area contributed by atoms with Crippen LogP contribution in [0.2, 0.25) is 0 Å². The third-order valence-corrected chi connectivity index (χ3v) is 1.81. The van der Waals surface area contributed by atoms with Crippen molar-refractivity contribution in [3.05, 3.63) is 24.4 Å². The lowest BCUT2D eigenvalue weighted by Crippen LogP contribution is -2.14. The molecule has 0 rings (SSSR count). The van der Waals surface area contributed by atoms with Gasteiger partial charge in [-0.05, 0) is 31.3 Å². The summed E-state index contributed by atoms with van der Waals surface area (Å²) in [6.45, 7) is 15.1. The molecule has 0 heterocycles. The van der Waals surface area contributed by atoms with Crippen LogP contribution in [-0.4, -0.2) is 6.54 Å². The van der Waals surface area contributed by atoms with Crippen molar-refractivity contribution in [3.8, 4) is 0 Å². The number of hydrogen-bond donors (Lipinski definition) is 1. The summed E-state index contributed by atoms with van der Waals surface area (Å²) in [5.74, 6) is 0.796. The average molecular weight is 167 g/mol. The van der Waals surface area contributed by atoms with Crippen LogP contribution in [0, 0.1) is 5.92 Å². The second-order valence-corrected chi connectivity index (χ2v) is 3.72. The second-order valence-electron chi connectivity index (χ2n) is 3.72. The van der Waals surface area contributed by atoms with Crippen molar-refractivity contribution in [2.75, 3.05) is 6.54 Å². The Morgan fingerprint density at radius 2 is 1.92 bits per heavy atom. The molecule has 0 unspecified atom stereocenters. The summed E-state index contributed by atoms with van der Waals surface area (Å²) >= 11 is 0. The normalized spacial score (nSPS) is 10.0. The monoisotopic (exact) mass is 167 g/mol. The van der Waals surface area contributed by atoms with E-state index in [0.29, 0.717) is 0 Å². The van der Waals surface area contributed by atoms with Crippen LogP contribution in [0.5, 0.6) is 0 Å². The molecule has 0 bridgehead atoms. The molecule has 0 amide bonds. The summed E-state index contributed by atoms with van der Waals surface area (Å²) in [6, 6.07) is 0. The van der Waals surface area contributed by atoms with Crippen LogP contribution in [0.4, 0.5) is 0 Å². The van der Waals surface area contributed by atoms with Gasteiger partial charge in [0.05, 0.1) is 0 Å². The first-order valence-electron chi connectivity index (χ1n) is 4.62. The SMILES string of the molecule is C=C(C)C(=C)NCCCC(C)C. The van der Waals surface area contributed by atoms with Crippen molar-refractivity contribution in [3.63, 3.8) is 0 Å². The van der Waals surface area contributed by atoms with Gasteiger partial charge in [-0.3, -0.25) is 0 Å². The second kappa shape index (κ2) is 5.87. The summed E-state index contributed by atoms with van der Waals surface area (Å²) in [5, 5.41) is 3.24. The highest BCUT2D eigenvalue weighted by molar-refractivity contribution is 5.20. The van der Waals surface area contributed by atoms with Crippen LogP contribution in [0.25, 0.3) is 0 Å². The van der Waals surface area contributed by atoms with Gasteiger partial charge in [0, 0.05) is 12.2 Å². The van der Waals surface area contributed by atoms with Crippen LogP contribution in [-0.2, 0) is 0 Å². The Balaban J connectivity index is 3.32. The molecular formula is C11H21N. The summed E-state index contributed by atoms with van der Waals surface area (Å²) in [5.41, 5.74) is 2.00. The molecule has 0 fully saturated rings. The van der Waals surface area contributed by atoms with E-state index in [1.54, 1.807) is 0 Å². The fourth-order valence-electron chi connectivity index (χ4n) is 0.900. The molecule has 1 heteroatoms. The van der Waals surface area contributed by atoms with Gasteiger partial charge in [-0.15, -0.1) is 0 Å². The van der Waals surface area contributed by atoms with Crippen LogP contribution in [0.1, 0.15) is 33.6 Å². The van der Waals surface area contributed by atoms with E-state index in [1.807, 2.05) is 6.92 Å². The van der Waals surface area contributed by atoms with Gasteiger partial charge in [0.2, 0.25) is 0 Å². The highest BCUT2D eigenvalue weighted by Gasteiger charge is 1.95. The van der Waals surface area contributed by atoms with Crippen molar-refractivity contribution in [1.29, 1.82) is 0 Å². The van der Waals surface area contributed by atoms with Crippen LogP contribution >= 0.6 is 0 Å². The van der Waals surface area contributed by atoms with Gasteiger partial charge >= 0.3 is 0 Å². The van der Waals surface area contributed by atoms with E-state index < -0.39 is 0 Å². The molecule has 0 aromatic heterocycles. The summed E-state index contributed by atoms with van der Waals surface area (Å²) < 4.78 is 0. The van der Waals surface area contributed by atoms with E-state index in [4.69, 9.17) is 0 Å². The van der Waals surface area contributed by atoms with E-state index in [-0.39, 0.29) is 0 Å². The summed E-state index contributed by atoms with van der Waals surface area (Å²) in [7, 11) is 0. The molecule has 0 spiro atoms. The molecule has 0 aromatic rings. The highest BCUT2D eigenvalue weighted by Crippen LogP contribution is 2.03. The quantitative estimate of drug-likeness (QED) is 0.473. The van der Waals surface area contributed by atoms with E-state index in [1.165, 1.54) is 12.8 Å². The molecule has 0 aliphatic carbocycles. The third kappa shape index (κ3) is 6.02. The van der Waals surface area contributed by atoms with Crippen LogP contribution < -0.4 is 5.32 Å². The Kier molecular flexibility index (Phi) is 5.52. The molecule has 0 radical (unpaired) electrons. The lowest BCUT2D eigenvalue weighted by Gasteiger charge is -2.09. The standard InChI is InChI=1S/C11H21N/c1-9(2)7-6-8-12-11(5)10(3)4/h9,12H,3,5-8H2,1-2,4H3. The fourth-order valence-corrected chi connectivity index (χ4v) is 0.900. The first-order chi connectivity index (χ1) is 5.54. The number of hydrogen-bond acceptors (Lipinski definition) is 1. The molecule has 0 aliphatic rings. The van der Waals surface area contributed by atoms with Crippen molar-refractivity contribution in [2.45, 2.75) is 33.6 Å². The Morgan fingerprint density at radius 1 is 1.33 bits per heavy atom. The zero-order chi connectivity index (χ0) is 9.56. The van der Waals surface area contributed by atoms with Gasteiger partial charge in [-0.2, -0.15) is 0 Å². The van der Waals surface area contributed by atoms with Gasteiger partial charge in [-0.25, -0.2) is 0 Å². The van der Waals surface area contributed by atoms with Crippen LogP contribution in [0.15, 0.2) is 24.4 Å². The lowest BCUT2D eigenvalue weighted by atomic mass is 10.1. The highest BCUT2D eigenvalue weighted by atomic mass is 14.9. The molecule has 70 valence electrons. The Bertz CT molecular complexity index is 156. The molecule has 1 N–H and O–H groups in total. The maximum absolute atomic E-state index is 3.86. The number of nitrogens with one attached hydrogen (secondary N) is 1. The van der Waals surface area contributed by atoms with E-state index in [0.717, 1.165) is 23.7 Å². The van der Waals surface area contributed by atoms with E-state index >= 15 is 0 Å². The topological polar surface area (TPSA) is 12.0 Å². The first-order valence-corrected chi connectivity index (χ1v) is 4.62. The zero-order valence-electron chi connectivity index (χ0n) is 8.61. The maximum atomic E-state index is 3.86. The fraction of sp³-hybridized carbons (Fsp3) is 0.636. The third-order valence-electron chi connectivity index (χ3n) is 1.81. The smallest absolute Gasteiger partial charge is 0.0290 e. The van der Waals surface area contributed by atoms with Crippen molar-refractivity contribution < 1.29 is 0 Å². The van der Waals surface area contributed by atoms with Crippen molar-refractivity contribution >= 4 is 0 Å². The summed E-state index contributed by atoms with van der Waals surface area (Å²) in [6.07, 6.45) is 2.49. The number of allylic oxidation sites excluding steroid dienone is 1. The molecular weight excluding hydrogens is 146 g/mol. The molecule has 12 heavy (non-hydrogen) atoms. The minimum Gasteiger partial charge on any atom is -0.385 e. The molecule has 1 nitrogen and oxygen atoms in total. The first kappa shape index (κ1) is 11.3. The van der Waals surface area contributed by atoms with Crippen molar-refractivity contribution in [1.82, 2.24) is 5.32 Å². The Hall–Kier alpha value is -0.720. The minimum atomic E-state index is 0.796. The Morgan fingerprint density at radius 3 is 2.33 bits per heavy atom. The van der Waals surface area contributed by atoms with Gasteiger partial charge in [0.1, 0.15) is 0 Å². The summed E-state index contributed by atoms with van der Waals surface area (Å²) in [4.78, 5) is 0. The molecule has 0 aliphatic heterocycles. The van der Waals surface area contributed by atoms with Crippen molar-refractivity contribution in [2.24, 2.45) is 5.92 Å². The van der Waals surface area contributed by atoms with Crippen LogP contribution in [0.3, 0.4) is 0 Å². The largest absolute Gasteiger partial charge is 0.385 e. The average Bonchev–Trinajstić information content (AvgIpc) is 1.97. The van der Waals surface area contributed by atoms with Gasteiger partial charge < -0.3 is 5.32 Å². The molecule has 0 aromatic carbocycles. The predicted molar refractivity (Wildman–Crippen MR) is 56.0 cm³/mol. The molecule has 0 atom stereocenters. The van der Waals surface area contributed by atoms with Gasteiger partial charge in [-0.1, -0.05) is 27.0 Å². The van der Waals surface area contributed by atoms with E-state index in [2.05, 4.69) is 32.3 Å².